The van der Waals surface area contributed by atoms with Gasteiger partial charge in [0.15, 0.2) is 17.5 Å². The molecular weight excluding hydrogens is 823 g/mol. The number of hydrogen-bond acceptors (Lipinski definition) is 13. The van der Waals surface area contributed by atoms with Crippen LogP contribution in [0.25, 0.3) is 0 Å². The molecule has 0 radical (unpaired) electrons. The lowest BCUT2D eigenvalue weighted by Gasteiger charge is -2.67. The van der Waals surface area contributed by atoms with Crippen LogP contribution in [0.2, 0.25) is 0 Å². The summed E-state index contributed by atoms with van der Waals surface area (Å²) in [5.74, 6) is -7.44. The third kappa shape index (κ3) is 7.72. The first-order chi connectivity index (χ1) is 30.2. The number of Topliss-reactive ketones (excluding diaryl/α,β-unsaturated/α-hetero) is 1. The lowest BCUT2D eigenvalue weighted by Crippen LogP contribution is -2.82. The maximum absolute atomic E-state index is 15.6. The van der Waals surface area contributed by atoms with Gasteiger partial charge in [0.05, 0.1) is 41.6 Å². The first-order valence-electron chi connectivity index (χ1n) is 21.7. The number of ether oxygens (including phenoxy) is 5. The van der Waals surface area contributed by atoms with Gasteiger partial charge in [-0.3, -0.25) is 24.0 Å². The van der Waals surface area contributed by atoms with Gasteiger partial charge in [0.2, 0.25) is 0 Å². The molecule has 4 aliphatic rings. The van der Waals surface area contributed by atoms with Gasteiger partial charge in [-0.2, -0.15) is 0 Å². The van der Waals surface area contributed by atoms with Gasteiger partial charge < -0.3 is 39.2 Å². The molecule has 1 amide bonds. The monoisotopic (exact) mass is 879 g/mol. The third-order valence-electron chi connectivity index (χ3n) is 14.3. The van der Waals surface area contributed by atoms with Crippen molar-refractivity contribution in [3.05, 3.63) is 119 Å². The van der Waals surface area contributed by atoms with Crippen molar-refractivity contribution >= 4 is 35.6 Å². The summed E-state index contributed by atoms with van der Waals surface area (Å²) in [6.45, 7) is 12.0. The molecule has 3 N–H and O–H groups in total. The van der Waals surface area contributed by atoms with Crippen molar-refractivity contribution in [3.63, 3.8) is 0 Å². The van der Waals surface area contributed by atoms with Crippen LogP contribution in [0.4, 0.5) is 0 Å². The quantitative estimate of drug-likeness (QED) is 0.121. The van der Waals surface area contributed by atoms with Crippen LogP contribution in [0.5, 0.6) is 0 Å². The maximum Gasteiger partial charge on any atom is 0.338 e. The number of nitrogens with one attached hydrogen (secondary N) is 1. The smallest absolute Gasteiger partial charge is 0.338 e. The van der Waals surface area contributed by atoms with Crippen LogP contribution in [0, 0.1) is 28.6 Å². The van der Waals surface area contributed by atoms with E-state index in [1.165, 1.54) is 26.0 Å². The van der Waals surface area contributed by atoms with Crippen LogP contribution in [-0.4, -0.2) is 94.1 Å². The van der Waals surface area contributed by atoms with Crippen LogP contribution in [0.3, 0.4) is 0 Å². The Morgan fingerprint density at radius 1 is 0.812 bits per heavy atom. The molecule has 7 rings (SSSR count). The van der Waals surface area contributed by atoms with Gasteiger partial charge in [-0.15, -0.1) is 0 Å². The van der Waals surface area contributed by atoms with Gasteiger partial charge in [-0.1, -0.05) is 94.4 Å². The van der Waals surface area contributed by atoms with Gasteiger partial charge in [0, 0.05) is 37.7 Å². The summed E-state index contributed by atoms with van der Waals surface area (Å²) in [4.78, 5) is 84.9. The molecule has 14 nitrogen and oxygen atoms in total. The van der Waals surface area contributed by atoms with E-state index in [0.717, 1.165) is 6.92 Å². The molecule has 3 aromatic rings. The summed E-state index contributed by atoms with van der Waals surface area (Å²) in [6, 6.07) is 24.6. The van der Waals surface area contributed by atoms with Gasteiger partial charge in [0.25, 0.3) is 5.91 Å². The van der Waals surface area contributed by atoms with Crippen molar-refractivity contribution in [2.24, 2.45) is 28.6 Å². The largest absolute Gasteiger partial charge is 0.457 e. The van der Waals surface area contributed by atoms with Crippen molar-refractivity contribution in [2.45, 2.75) is 116 Å². The molecule has 11 atom stereocenters. The maximum atomic E-state index is 15.6. The van der Waals surface area contributed by atoms with Crippen LogP contribution < -0.4 is 5.32 Å². The van der Waals surface area contributed by atoms with Crippen molar-refractivity contribution in [1.82, 2.24) is 5.32 Å². The Hall–Kier alpha value is -5.70. The molecule has 1 aliphatic heterocycles. The van der Waals surface area contributed by atoms with Crippen molar-refractivity contribution in [2.75, 3.05) is 6.61 Å². The Balaban J connectivity index is 1.41. The minimum atomic E-state index is -2.32. The number of aliphatic hydroxyl groups is 2. The lowest BCUT2D eigenvalue weighted by atomic mass is 9.44. The normalized spacial score (nSPS) is 31.3. The Kier molecular flexibility index (Phi) is 12.6. The van der Waals surface area contributed by atoms with Gasteiger partial charge in [-0.05, 0) is 60.7 Å². The number of carbonyl (C=O) groups is 6. The molecule has 0 aromatic heterocycles. The molecule has 0 spiro atoms. The van der Waals surface area contributed by atoms with Crippen LogP contribution in [-0.2, 0) is 42.9 Å². The number of rotatable bonds is 11. The molecule has 14 heteroatoms. The molecular formula is C50H57NO13. The average Bonchev–Trinajstić information content (AvgIpc) is 3.25. The zero-order chi connectivity index (χ0) is 46.5. The zero-order valence-electron chi connectivity index (χ0n) is 37.4. The highest BCUT2D eigenvalue weighted by molar-refractivity contribution is 5.96. The molecule has 1 heterocycles. The molecule has 3 fully saturated rings. The van der Waals surface area contributed by atoms with E-state index < -0.39 is 118 Å². The fourth-order valence-electron chi connectivity index (χ4n) is 10.9. The molecule has 340 valence electrons. The number of ketones is 1. The number of carbonyl (C=O) groups excluding carboxylic acids is 6. The highest BCUT2D eigenvalue weighted by atomic mass is 16.6. The highest BCUT2D eigenvalue weighted by Crippen LogP contribution is 2.64. The van der Waals surface area contributed by atoms with Crippen LogP contribution >= 0.6 is 0 Å². The minimum Gasteiger partial charge on any atom is -0.457 e. The standard InChI is InChI=1S/C50H57NO13/c1-27(2)37(39(31-18-12-9-13-19-31)51-44(56)32-20-14-10-15-21-32)46(58)62-34-25-50(59)43(63-45(57)33-22-16-11-17-23-33)41-48(8,35(54)24-36-49(41,26-60-36)64-30(5)53)42(55)40(61-29(4)52)38(28(34)3)47(50,6)7/h9-23,27,34-37,39-41,43,54,59H,24-26H2,1-8H3,(H,51,56)/t34-,35?,36?,37+,39-,40?,41-,43-,48?,49-,50?/m0/s1. The van der Waals surface area contributed by atoms with E-state index in [4.69, 9.17) is 23.7 Å². The number of aliphatic hydroxyl groups excluding tert-OH is 1. The molecule has 3 aromatic carbocycles. The Labute approximate surface area is 372 Å². The van der Waals surface area contributed by atoms with E-state index in [2.05, 4.69) is 5.32 Å². The summed E-state index contributed by atoms with van der Waals surface area (Å²) in [5, 5.41) is 29.0. The Morgan fingerprint density at radius 3 is 1.92 bits per heavy atom. The Bertz CT molecular complexity index is 2330. The minimum absolute atomic E-state index is 0.0819. The molecule has 1 saturated heterocycles. The predicted octanol–water partition coefficient (Wildman–Crippen LogP) is 5.65. The first kappa shape index (κ1) is 46.3. The SMILES string of the molecule is CC(=O)OC1C(=O)C2(C)C(O)CC3OC[C@@]3(OC(C)=O)[C@H]2[C@H](OC(=O)c2ccccc2)C2(O)C[C@H](OC(=O)[C@H](C(C)C)[C@@H](NC(=O)c3ccccc3)c3ccccc3)C(C)=C1C2(C)C. The van der Waals surface area contributed by atoms with Gasteiger partial charge in [0.1, 0.15) is 23.9 Å². The number of hydrogen-bond donors (Lipinski definition) is 3. The van der Waals surface area contributed by atoms with Crippen molar-refractivity contribution in [1.29, 1.82) is 0 Å². The number of amides is 1. The van der Waals surface area contributed by atoms with E-state index in [0.29, 0.717) is 11.1 Å². The summed E-state index contributed by atoms with van der Waals surface area (Å²) >= 11 is 0. The van der Waals surface area contributed by atoms with Gasteiger partial charge >= 0.3 is 23.9 Å². The van der Waals surface area contributed by atoms with Gasteiger partial charge in [-0.25, -0.2) is 4.79 Å². The Morgan fingerprint density at radius 2 is 1.39 bits per heavy atom. The number of benzene rings is 3. The topological polar surface area (TPSA) is 201 Å². The van der Waals surface area contributed by atoms with E-state index in [9.17, 15) is 29.4 Å². The second kappa shape index (κ2) is 17.4. The van der Waals surface area contributed by atoms with E-state index in [-0.39, 0.29) is 29.7 Å². The molecule has 5 unspecified atom stereocenters. The highest BCUT2D eigenvalue weighted by Gasteiger charge is 2.78. The third-order valence-corrected chi connectivity index (χ3v) is 14.3. The van der Waals surface area contributed by atoms with E-state index in [1.54, 1.807) is 93.6 Å². The van der Waals surface area contributed by atoms with Crippen molar-refractivity contribution < 1.29 is 62.7 Å². The first-order valence-corrected chi connectivity index (χ1v) is 21.7. The summed E-state index contributed by atoms with van der Waals surface area (Å²) in [5.41, 5.74) is -6.21. The zero-order valence-corrected chi connectivity index (χ0v) is 37.4. The number of fused-ring (bicyclic) bond motifs is 5. The van der Waals surface area contributed by atoms with Crippen molar-refractivity contribution in [3.8, 4) is 0 Å². The summed E-state index contributed by atoms with van der Waals surface area (Å²) in [7, 11) is 0. The van der Waals surface area contributed by atoms with E-state index >= 15 is 9.59 Å². The average molecular weight is 880 g/mol. The molecule has 64 heavy (non-hydrogen) atoms. The fraction of sp³-hybridized carbons (Fsp3) is 0.480. The van der Waals surface area contributed by atoms with Crippen LogP contribution in [0.15, 0.2) is 102 Å². The van der Waals surface area contributed by atoms with Crippen LogP contribution in [0.1, 0.15) is 101 Å². The lowest BCUT2D eigenvalue weighted by molar-refractivity contribution is -0.346. The molecule has 2 saturated carbocycles. The predicted molar refractivity (Wildman–Crippen MR) is 230 cm³/mol. The molecule has 3 aliphatic carbocycles. The number of esters is 4. The second-order valence-electron chi connectivity index (χ2n) is 18.7. The second-order valence-corrected chi connectivity index (χ2v) is 18.7. The summed E-state index contributed by atoms with van der Waals surface area (Å²) < 4.78 is 31.0. The van der Waals surface area contributed by atoms with E-state index in [1.807, 2.05) is 19.9 Å². The fourth-order valence-corrected chi connectivity index (χ4v) is 10.9. The summed E-state index contributed by atoms with van der Waals surface area (Å²) in [6.07, 6.45) is -8.02. The molecule has 2 bridgehead atoms.